The molecular formula is C15H19N5. The van der Waals surface area contributed by atoms with Gasteiger partial charge in [0.25, 0.3) is 0 Å². The van der Waals surface area contributed by atoms with Crippen LogP contribution in [0.15, 0.2) is 30.3 Å². The van der Waals surface area contributed by atoms with Crippen LogP contribution < -0.4 is 5.32 Å². The first-order chi connectivity index (χ1) is 9.65. The number of aryl methyl sites for hydroxylation is 3. The van der Waals surface area contributed by atoms with Gasteiger partial charge in [0.05, 0.1) is 23.3 Å². The SMILES string of the molecule is Cc1cc(CNCc2nc3ccccc3n2C)nn1C. The Labute approximate surface area is 118 Å². The first-order valence-corrected chi connectivity index (χ1v) is 6.75. The van der Waals surface area contributed by atoms with E-state index in [0.717, 1.165) is 35.6 Å². The summed E-state index contributed by atoms with van der Waals surface area (Å²) in [7, 11) is 4.02. The van der Waals surface area contributed by atoms with Gasteiger partial charge in [-0.15, -0.1) is 0 Å². The van der Waals surface area contributed by atoms with Crippen molar-refractivity contribution in [2.75, 3.05) is 0 Å². The topological polar surface area (TPSA) is 47.7 Å². The molecule has 0 bridgehead atoms. The first kappa shape index (κ1) is 12.9. The fraction of sp³-hybridized carbons (Fsp3) is 0.333. The summed E-state index contributed by atoms with van der Waals surface area (Å²) in [6, 6.07) is 10.3. The van der Waals surface area contributed by atoms with E-state index in [1.165, 1.54) is 5.69 Å². The molecule has 1 N–H and O–H groups in total. The lowest BCUT2D eigenvalue weighted by molar-refractivity contribution is 0.621. The fourth-order valence-corrected chi connectivity index (χ4v) is 2.38. The van der Waals surface area contributed by atoms with Gasteiger partial charge in [0.15, 0.2) is 0 Å². The van der Waals surface area contributed by atoms with E-state index < -0.39 is 0 Å². The molecule has 0 fully saturated rings. The lowest BCUT2D eigenvalue weighted by Gasteiger charge is -2.03. The molecule has 5 heteroatoms. The first-order valence-electron chi connectivity index (χ1n) is 6.75. The van der Waals surface area contributed by atoms with Gasteiger partial charge in [-0.25, -0.2) is 4.98 Å². The van der Waals surface area contributed by atoms with Crippen molar-refractivity contribution in [3.63, 3.8) is 0 Å². The van der Waals surface area contributed by atoms with E-state index in [9.17, 15) is 0 Å². The van der Waals surface area contributed by atoms with Crippen molar-refractivity contribution < 1.29 is 0 Å². The van der Waals surface area contributed by atoms with E-state index in [4.69, 9.17) is 0 Å². The summed E-state index contributed by atoms with van der Waals surface area (Å²) >= 11 is 0. The Hall–Kier alpha value is -2.14. The van der Waals surface area contributed by atoms with Gasteiger partial charge in [-0.3, -0.25) is 4.68 Å². The van der Waals surface area contributed by atoms with E-state index in [0.29, 0.717) is 0 Å². The fourth-order valence-electron chi connectivity index (χ4n) is 2.38. The van der Waals surface area contributed by atoms with Gasteiger partial charge in [-0.1, -0.05) is 12.1 Å². The van der Waals surface area contributed by atoms with E-state index in [1.54, 1.807) is 0 Å². The molecule has 104 valence electrons. The Morgan fingerprint density at radius 3 is 2.65 bits per heavy atom. The van der Waals surface area contributed by atoms with Crippen LogP contribution in [0.3, 0.4) is 0 Å². The molecule has 0 unspecified atom stereocenters. The molecule has 0 saturated carbocycles. The molecule has 0 aliphatic carbocycles. The zero-order chi connectivity index (χ0) is 14.1. The van der Waals surface area contributed by atoms with Crippen LogP contribution in [0.1, 0.15) is 17.2 Å². The quantitative estimate of drug-likeness (QED) is 0.787. The van der Waals surface area contributed by atoms with E-state index in [2.05, 4.69) is 46.1 Å². The number of nitrogens with one attached hydrogen (secondary N) is 1. The maximum atomic E-state index is 4.64. The van der Waals surface area contributed by atoms with Gasteiger partial charge in [0.2, 0.25) is 0 Å². The Morgan fingerprint density at radius 1 is 1.15 bits per heavy atom. The van der Waals surface area contributed by atoms with Gasteiger partial charge in [-0.2, -0.15) is 5.10 Å². The third kappa shape index (κ3) is 2.32. The summed E-state index contributed by atoms with van der Waals surface area (Å²) < 4.78 is 4.03. The average molecular weight is 269 g/mol. The highest BCUT2D eigenvalue weighted by molar-refractivity contribution is 5.75. The zero-order valence-electron chi connectivity index (χ0n) is 12.1. The Morgan fingerprint density at radius 2 is 1.95 bits per heavy atom. The van der Waals surface area contributed by atoms with E-state index in [1.807, 2.05) is 29.9 Å². The normalized spacial score (nSPS) is 11.3. The van der Waals surface area contributed by atoms with Gasteiger partial charge in [0.1, 0.15) is 5.82 Å². The zero-order valence-corrected chi connectivity index (χ0v) is 12.1. The van der Waals surface area contributed by atoms with E-state index >= 15 is 0 Å². The molecule has 2 aromatic heterocycles. The summed E-state index contributed by atoms with van der Waals surface area (Å²) in [6.45, 7) is 3.55. The second kappa shape index (κ2) is 5.09. The molecule has 20 heavy (non-hydrogen) atoms. The van der Waals surface area contributed by atoms with Crippen LogP contribution in [-0.4, -0.2) is 19.3 Å². The largest absolute Gasteiger partial charge is 0.330 e. The maximum Gasteiger partial charge on any atom is 0.123 e. The number of rotatable bonds is 4. The third-order valence-corrected chi connectivity index (χ3v) is 3.63. The van der Waals surface area contributed by atoms with Crippen LogP contribution in [0.4, 0.5) is 0 Å². The van der Waals surface area contributed by atoms with Crippen molar-refractivity contribution in [2.24, 2.45) is 14.1 Å². The van der Waals surface area contributed by atoms with Crippen LogP contribution >= 0.6 is 0 Å². The minimum atomic E-state index is 0.737. The molecule has 3 aromatic rings. The van der Waals surface area contributed by atoms with Gasteiger partial charge < -0.3 is 9.88 Å². The summed E-state index contributed by atoms with van der Waals surface area (Å²) in [6.07, 6.45) is 0. The number of fused-ring (bicyclic) bond motifs is 1. The molecule has 0 amide bonds. The summed E-state index contributed by atoms with van der Waals surface area (Å²) in [5, 5.41) is 7.83. The maximum absolute atomic E-state index is 4.64. The summed E-state index contributed by atoms with van der Waals surface area (Å²) in [5.41, 5.74) is 4.44. The number of aromatic nitrogens is 4. The van der Waals surface area contributed by atoms with Gasteiger partial charge >= 0.3 is 0 Å². The average Bonchev–Trinajstić information content (AvgIpc) is 2.92. The number of imidazole rings is 1. The monoisotopic (exact) mass is 269 g/mol. The van der Waals surface area contributed by atoms with Crippen LogP contribution in [0, 0.1) is 6.92 Å². The molecule has 0 atom stereocenters. The minimum absolute atomic E-state index is 0.737. The predicted molar refractivity (Wildman–Crippen MR) is 79.2 cm³/mol. The minimum Gasteiger partial charge on any atom is -0.330 e. The smallest absolute Gasteiger partial charge is 0.123 e. The molecule has 5 nitrogen and oxygen atoms in total. The number of nitrogens with zero attached hydrogens (tertiary/aromatic N) is 4. The highest BCUT2D eigenvalue weighted by atomic mass is 15.3. The Balaban J connectivity index is 1.69. The van der Waals surface area contributed by atoms with Crippen LogP contribution in [0.25, 0.3) is 11.0 Å². The van der Waals surface area contributed by atoms with Gasteiger partial charge in [-0.05, 0) is 25.1 Å². The second-order valence-corrected chi connectivity index (χ2v) is 5.08. The van der Waals surface area contributed by atoms with Crippen molar-refractivity contribution in [3.8, 4) is 0 Å². The number of hydrogen-bond donors (Lipinski definition) is 1. The molecule has 0 aliphatic heterocycles. The lowest BCUT2D eigenvalue weighted by atomic mass is 10.3. The number of benzene rings is 1. The van der Waals surface area contributed by atoms with Crippen molar-refractivity contribution in [3.05, 3.63) is 47.5 Å². The predicted octanol–water partition coefficient (Wildman–Crippen LogP) is 1.91. The Bertz CT molecular complexity index is 718. The number of hydrogen-bond acceptors (Lipinski definition) is 3. The van der Waals surface area contributed by atoms with Crippen LogP contribution in [0.5, 0.6) is 0 Å². The van der Waals surface area contributed by atoms with Gasteiger partial charge in [0, 0.05) is 26.3 Å². The Kier molecular flexibility index (Phi) is 3.28. The summed E-state index contributed by atoms with van der Waals surface area (Å²) in [5.74, 6) is 1.04. The molecule has 2 heterocycles. The molecule has 0 aliphatic rings. The molecule has 0 spiro atoms. The molecule has 0 saturated heterocycles. The molecule has 0 radical (unpaired) electrons. The highest BCUT2D eigenvalue weighted by Crippen LogP contribution is 2.14. The number of para-hydroxylation sites is 2. The van der Waals surface area contributed by atoms with Crippen molar-refractivity contribution in [2.45, 2.75) is 20.0 Å². The van der Waals surface area contributed by atoms with Crippen LogP contribution in [0.2, 0.25) is 0 Å². The van der Waals surface area contributed by atoms with Crippen molar-refractivity contribution >= 4 is 11.0 Å². The molecular weight excluding hydrogens is 250 g/mol. The lowest BCUT2D eigenvalue weighted by Crippen LogP contribution is -2.16. The van der Waals surface area contributed by atoms with E-state index in [-0.39, 0.29) is 0 Å². The van der Waals surface area contributed by atoms with Crippen LogP contribution in [-0.2, 0) is 27.2 Å². The van der Waals surface area contributed by atoms with Crippen molar-refractivity contribution in [1.82, 2.24) is 24.6 Å². The molecule has 1 aromatic carbocycles. The molecule has 3 rings (SSSR count). The summed E-state index contributed by atoms with van der Waals surface area (Å²) in [4.78, 5) is 4.64. The van der Waals surface area contributed by atoms with Crippen molar-refractivity contribution in [1.29, 1.82) is 0 Å². The standard InChI is InChI=1S/C15H19N5/c1-11-8-12(18-20(11)3)9-16-10-15-17-13-6-4-5-7-14(13)19(15)2/h4-8,16H,9-10H2,1-3H3. The highest BCUT2D eigenvalue weighted by Gasteiger charge is 2.07. The third-order valence-electron chi connectivity index (χ3n) is 3.63. The second-order valence-electron chi connectivity index (χ2n) is 5.08.